The van der Waals surface area contributed by atoms with Gasteiger partial charge in [-0.15, -0.1) is 11.8 Å². The van der Waals surface area contributed by atoms with E-state index in [1.54, 1.807) is 17.8 Å². The van der Waals surface area contributed by atoms with Crippen LogP contribution in [0.3, 0.4) is 0 Å². The van der Waals surface area contributed by atoms with Crippen molar-refractivity contribution in [1.82, 2.24) is 5.32 Å². The summed E-state index contributed by atoms with van der Waals surface area (Å²) in [7, 11) is 0. The minimum Gasteiger partial charge on any atom is -0.398 e. The van der Waals surface area contributed by atoms with Gasteiger partial charge in [-0.1, -0.05) is 0 Å². The first-order valence-corrected chi connectivity index (χ1v) is 6.13. The lowest BCUT2D eigenvalue weighted by atomic mass is 10.2. The quantitative estimate of drug-likeness (QED) is 0.612. The van der Waals surface area contributed by atoms with Crippen molar-refractivity contribution in [2.75, 3.05) is 24.6 Å². The molecule has 1 fully saturated rings. The van der Waals surface area contributed by atoms with Crippen LogP contribution in [0.4, 0.5) is 10.1 Å². The van der Waals surface area contributed by atoms with Crippen LogP contribution in [-0.4, -0.2) is 18.8 Å². The molecule has 1 aromatic rings. The number of nitrogens with one attached hydrogen (secondary N) is 1. The highest BCUT2D eigenvalue weighted by Gasteiger charge is 2.14. The number of nitrogen functional groups attached to an aromatic ring is 1. The van der Waals surface area contributed by atoms with Crippen LogP contribution < -0.4 is 11.1 Å². The Labute approximate surface area is 93.4 Å². The number of hydrogen-bond donors (Lipinski definition) is 2. The topological polar surface area (TPSA) is 38.0 Å². The average molecular weight is 226 g/mol. The predicted octanol–water partition coefficient (Wildman–Crippen LogP) is 2.11. The number of benzene rings is 1. The Morgan fingerprint density at radius 1 is 1.53 bits per heavy atom. The fourth-order valence-corrected chi connectivity index (χ4v) is 2.80. The van der Waals surface area contributed by atoms with Gasteiger partial charge < -0.3 is 11.1 Å². The summed E-state index contributed by atoms with van der Waals surface area (Å²) in [5, 5.41) is 3.33. The van der Waals surface area contributed by atoms with Gasteiger partial charge in [-0.2, -0.15) is 0 Å². The van der Waals surface area contributed by atoms with E-state index in [-0.39, 0.29) is 5.82 Å². The Morgan fingerprint density at radius 2 is 2.40 bits per heavy atom. The number of halogens is 1. The van der Waals surface area contributed by atoms with E-state index in [0.29, 0.717) is 5.69 Å². The van der Waals surface area contributed by atoms with E-state index in [4.69, 9.17) is 5.73 Å². The molecule has 2 nitrogen and oxygen atoms in total. The third-order valence-corrected chi connectivity index (χ3v) is 3.93. The second kappa shape index (κ2) is 4.86. The van der Waals surface area contributed by atoms with Crippen LogP contribution in [0.1, 0.15) is 6.42 Å². The van der Waals surface area contributed by atoms with Crippen LogP contribution in [-0.2, 0) is 0 Å². The van der Waals surface area contributed by atoms with Crippen molar-refractivity contribution in [3.05, 3.63) is 24.0 Å². The standard InChI is InChI=1S/C11H15FN2S/c12-9-1-2-11(10(13)5-9)15-7-8-3-4-14-6-8/h1-2,5,8,14H,3-4,6-7,13H2. The molecule has 0 amide bonds. The first-order valence-electron chi connectivity index (χ1n) is 5.14. The highest BCUT2D eigenvalue weighted by molar-refractivity contribution is 7.99. The molecule has 1 aliphatic heterocycles. The smallest absolute Gasteiger partial charge is 0.125 e. The average Bonchev–Trinajstić information content (AvgIpc) is 2.69. The van der Waals surface area contributed by atoms with Gasteiger partial charge in [-0.05, 0) is 43.6 Å². The zero-order chi connectivity index (χ0) is 10.7. The largest absolute Gasteiger partial charge is 0.398 e. The van der Waals surface area contributed by atoms with Gasteiger partial charge in [-0.25, -0.2) is 4.39 Å². The molecule has 0 radical (unpaired) electrons. The molecule has 1 aromatic carbocycles. The Morgan fingerprint density at radius 3 is 3.07 bits per heavy atom. The van der Waals surface area contributed by atoms with Gasteiger partial charge in [0.05, 0.1) is 0 Å². The molecule has 4 heteroatoms. The molecule has 3 N–H and O–H groups in total. The maximum Gasteiger partial charge on any atom is 0.125 e. The van der Waals surface area contributed by atoms with Gasteiger partial charge in [0.1, 0.15) is 5.82 Å². The minimum absolute atomic E-state index is 0.264. The SMILES string of the molecule is Nc1cc(F)ccc1SCC1CCNC1. The predicted molar refractivity (Wildman–Crippen MR) is 62.5 cm³/mol. The fourth-order valence-electron chi connectivity index (χ4n) is 1.72. The summed E-state index contributed by atoms with van der Waals surface area (Å²) in [4.78, 5) is 0.989. The zero-order valence-corrected chi connectivity index (χ0v) is 9.32. The maximum absolute atomic E-state index is 12.8. The van der Waals surface area contributed by atoms with Gasteiger partial charge in [0.25, 0.3) is 0 Å². The van der Waals surface area contributed by atoms with E-state index >= 15 is 0 Å². The van der Waals surface area contributed by atoms with E-state index in [1.165, 1.54) is 18.6 Å². The Kier molecular flexibility index (Phi) is 3.49. The third kappa shape index (κ3) is 2.86. The molecule has 82 valence electrons. The van der Waals surface area contributed by atoms with E-state index in [0.717, 1.165) is 29.7 Å². The summed E-state index contributed by atoms with van der Waals surface area (Å²) in [6.45, 7) is 2.21. The monoisotopic (exact) mass is 226 g/mol. The Hall–Kier alpha value is -0.740. The second-order valence-electron chi connectivity index (χ2n) is 3.85. The van der Waals surface area contributed by atoms with E-state index < -0.39 is 0 Å². The van der Waals surface area contributed by atoms with Crippen LogP contribution in [0.15, 0.2) is 23.1 Å². The lowest BCUT2D eigenvalue weighted by molar-refractivity contribution is 0.627. The van der Waals surface area contributed by atoms with Gasteiger partial charge in [0.15, 0.2) is 0 Å². The minimum atomic E-state index is -0.264. The van der Waals surface area contributed by atoms with Crippen molar-refractivity contribution < 1.29 is 4.39 Å². The molecular weight excluding hydrogens is 211 g/mol. The summed E-state index contributed by atoms with van der Waals surface area (Å²) in [5.74, 6) is 1.52. The molecule has 2 rings (SSSR count). The van der Waals surface area contributed by atoms with E-state index in [9.17, 15) is 4.39 Å². The van der Waals surface area contributed by atoms with Crippen molar-refractivity contribution in [3.8, 4) is 0 Å². The summed E-state index contributed by atoms with van der Waals surface area (Å²) in [6, 6.07) is 4.61. The summed E-state index contributed by atoms with van der Waals surface area (Å²) in [5.41, 5.74) is 6.28. The van der Waals surface area contributed by atoms with Gasteiger partial charge in [0, 0.05) is 16.3 Å². The van der Waals surface area contributed by atoms with Gasteiger partial charge >= 0.3 is 0 Å². The molecule has 1 atom stereocenters. The lowest BCUT2D eigenvalue weighted by Crippen LogP contribution is -2.10. The molecule has 1 saturated heterocycles. The molecule has 1 heterocycles. The number of nitrogens with two attached hydrogens (primary N) is 1. The van der Waals surface area contributed by atoms with Crippen LogP contribution in [0.2, 0.25) is 0 Å². The lowest BCUT2D eigenvalue weighted by Gasteiger charge is -2.09. The van der Waals surface area contributed by atoms with Crippen LogP contribution in [0, 0.1) is 11.7 Å². The van der Waals surface area contributed by atoms with Crippen LogP contribution >= 0.6 is 11.8 Å². The van der Waals surface area contributed by atoms with Crippen LogP contribution in [0.5, 0.6) is 0 Å². The summed E-state index contributed by atoms with van der Waals surface area (Å²) < 4.78 is 12.8. The molecule has 0 saturated carbocycles. The molecule has 1 unspecified atom stereocenters. The number of anilines is 1. The Balaban J connectivity index is 1.92. The molecule has 0 aromatic heterocycles. The summed E-state index contributed by atoms with van der Waals surface area (Å²) in [6.07, 6.45) is 1.23. The van der Waals surface area contributed by atoms with Crippen molar-refractivity contribution in [2.45, 2.75) is 11.3 Å². The van der Waals surface area contributed by atoms with Crippen molar-refractivity contribution in [3.63, 3.8) is 0 Å². The molecule has 0 aliphatic carbocycles. The van der Waals surface area contributed by atoms with Gasteiger partial charge in [-0.3, -0.25) is 0 Å². The third-order valence-electron chi connectivity index (χ3n) is 2.61. The maximum atomic E-state index is 12.8. The highest BCUT2D eigenvalue weighted by Crippen LogP contribution is 2.28. The van der Waals surface area contributed by atoms with E-state index in [2.05, 4.69) is 5.32 Å². The van der Waals surface area contributed by atoms with Gasteiger partial charge in [0.2, 0.25) is 0 Å². The molecule has 0 bridgehead atoms. The fraction of sp³-hybridized carbons (Fsp3) is 0.455. The summed E-state index contributed by atoms with van der Waals surface area (Å²) >= 11 is 1.72. The van der Waals surface area contributed by atoms with Crippen LogP contribution in [0.25, 0.3) is 0 Å². The number of thioether (sulfide) groups is 1. The normalized spacial score (nSPS) is 20.7. The Bertz CT molecular complexity index is 337. The molecule has 1 aliphatic rings. The molecule has 15 heavy (non-hydrogen) atoms. The first kappa shape index (κ1) is 10.8. The van der Waals surface area contributed by atoms with Crippen molar-refractivity contribution in [1.29, 1.82) is 0 Å². The highest BCUT2D eigenvalue weighted by atomic mass is 32.2. The number of rotatable bonds is 3. The van der Waals surface area contributed by atoms with Crippen molar-refractivity contribution in [2.24, 2.45) is 5.92 Å². The zero-order valence-electron chi connectivity index (χ0n) is 8.50. The number of hydrogen-bond acceptors (Lipinski definition) is 3. The molecule has 0 spiro atoms. The molecular formula is C11H15FN2S. The second-order valence-corrected chi connectivity index (χ2v) is 4.91. The van der Waals surface area contributed by atoms with E-state index in [1.807, 2.05) is 0 Å². The van der Waals surface area contributed by atoms with Crippen molar-refractivity contribution >= 4 is 17.4 Å². The first-order chi connectivity index (χ1) is 7.25.